The predicted octanol–water partition coefficient (Wildman–Crippen LogP) is 3.99. The van der Waals surface area contributed by atoms with Crippen molar-refractivity contribution >= 4 is 22.5 Å². The SMILES string of the molecule is CC.Fc1c(Cl)ccc2cc[nH]c12. The standard InChI is InChI=1S/C8H5ClFN.C2H6/c9-6-2-1-5-3-4-11-8(5)7(6)10;1-2/h1-4,11H;1-2H3. The average Bonchev–Trinajstić information content (AvgIpc) is 2.63. The fourth-order valence-electron chi connectivity index (χ4n) is 1.07. The number of hydrogen-bond acceptors (Lipinski definition) is 0. The van der Waals surface area contributed by atoms with E-state index in [4.69, 9.17) is 11.6 Å². The number of rotatable bonds is 0. The number of benzene rings is 1. The number of nitrogens with one attached hydrogen (secondary N) is 1. The summed E-state index contributed by atoms with van der Waals surface area (Å²) in [7, 11) is 0. The number of halogens is 2. The van der Waals surface area contributed by atoms with Crippen LogP contribution in [0.5, 0.6) is 0 Å². The molecule has 0 saturated carbocycles. The van der Waals surface area contributed by atoms with Gasteiger partial charge in [-0.15, -0.1) is 0 Å². The minimum absolute atomic E-state index is 0.153. The Kier molecular flexibility index (Phi) is 3.32. The van der Waals surface area contributed by atoms with Crippen molar-refractivity contribution in [3.8, 4) is 0 Å². The molecule has 1 heterocycles. The minimum Gasteiger partial charge on any atom is -0.359 e. The lowest BCUT2D eigenvalue weighted by Crippen LogP contribution is -1.78. The summed E-state index contributed by atoms with van der Waals surface area (Å²) in [5.41, 5.74) is 0.470. The van der Waals surface area contributed by atoms with Crippen molar-refractivity contribution in [2.75, 3.05) is 0 Å². The van der Waals surface area contributed by atoms with Gasteiger partial charge in [-0.1, -0.05) is 31.5 Å². The van der Waals surface area contributed by atoms with Crippen LogP contribution in [0.4, 0.5) is 4.39 Å². The van der Waals surface area contributed by atoms with Crippen molar-refractivity contribution in [3.63, 3.8) is 0 Å². The van der Waals surface area contributed by atoms with Crippen molar-refractivity contribution in [3.05, 3.63) is 35.2 Å². The average molecular weight is 200 g/mol. The Morgan fingerprint density at radius 2 is 1.92 bits per heavy atom. The molecule has 1 aromatic carbocycles. The normalized spacial score (nSPS) is 9.54. The third-order valence-electron chi connectivity index (χ3n) is 1.62. The van der Waals surface area contributed by atoms with Crippen molar-refractivity contribution in [2.24, 2.45) is 0 Å². The summed E-state index contributed by atoms with van der Waals surface area (Å²) in [6.07, 6.45) is 1.68. The van der Waals surface area contributed by atoms with Crippen LogP contribution in [0, 0.1) is 5.82 Å². The van der Waals surface area contributed by atoms with E-state index < -0.39 is 0 Å². The molecule has 2 aromatic rings. The van der Waals surface area contributed by atoms with Gasteiger partial charge in [-0.05, 0) is 12.1 Å². The van der Waals surface area contributed by atoms with E-state index in [0.717, 1.165) is 5.39 Å². The molecule has 0 saturated heterocycles. The van der Waals surface area contributed by atoms with Gasteiger partial charge in [0.1, 0.15) is 0 Å². The minimum atomic E-state index is -0.380. The van der Waals surface area contributed by atoms with Crippen LogP contribution in [0.1, 0.15) is 13.8 Å². The van der Waals surface area contributed by atoms with E-state index >= 15 is 0 Å². The van der Waals surface area contributed by atoms with Gasteiger partial charge in [0.25, 0.3) is 0 Å². The third kappa shape index (κ3) is 1.83. The fourth-order valence-corrected chi connectivity index (χ4v) is 1.22. The van der Waals surface area contributed by atoms with Gasteiger partial charge in [0.05, 0.1) is 10.5 Å². The summed E-state index contributed by atoms with van der Waals surface area (Å²) in [4.78, 5) is 2.77. The highest BCUT2D eigenvalue weighted by Gasteiger charge is 2.04. The zero-order valence-electron chi connectivity index (χ0n) is 7.57. The molecule has 1 nitrogen and oxygen atoms in total. The maximum absolute atomic E-state index is 13.1. The molecule has 2 rings (SSSR count). The van der Waals surface area contributed by atoms with Gasteiger partial charge < -0.3 is 4.98 Å². The first kappa shape index (κ1) is 10.1. The number of fused-ring (bicyclic) bond motifs is 1. The monoisotopic (exact) mass is 199 g/mol. The van der Waals surface area contributed by atoms with Crippen molar-refractivity contribution in [1.82, 2.24) is 4.98 Å². The summed E-state index contributed by atoms with van der Waals surface area (Å²) >= 11 is 5.55. The molecule has 0 amide bonds. The first-order chi connectivity index (χ1) is 6.29. The van der Waals surface area contributed by atoms with E-state index in [1.54, 1.807) is 24.4 Å². The van der Waals surface area contributed by atoms with Gasteiger partial charge in [-0.2, -0.15) is 0 Å². The zero-order valence-corrected chi connectivity index (χ0v) is 8.32. The lowest BCUT2D eigenvalue weighted by atomic mass is 10.2. The van der Waals surface area contributed by atoms with Gasteiger partial charge >= 0.3 is 0 Å². The maximum Gasteiger partial charge on any atom is 0.165 e. The molecular weight excluding hydrogens is 189 g/mol. The molecule has 1 N–H and O–H groups in total. The number of H-pyrrole nitrogens is 1. The Balaban J connectivity index is 0.000000396. The topological polar surface area (TPSA) is 15.8 Å². The van der Waals surface area contributed by atoms with Crippen LogP contribution in [0.25, 0.3) is 10.9 Å². The maximum atomic E-state index is 13.1. The summed E-state index contributed by atoms with van der Waals surface area (Å²) < 4.78 is 13.1. The zero-order chi connectivity index (χ0) is 9.84. The molecule has 0 radical (unpaired) electrons. The Morgan fingerprint density at radius 1 is 1.23 bits per heavy atom. The quantitative estimate of drug-likeness (QED) is 0.661. The molecule has 0 bridgehead atoms. The Bertz CT molecular complexity index is 395. The van der Waals surface area contributed by atoms with Gasteiger partial charge in [0.2, 0.25) is 0 Å². The van der Waals surface area contributed by atoms with Crippen molar-refractivity contribution in [2.45, 2.75) is 13.8 Å². The molecule has 0 aliphatic heterocycles. The Morgan fingerprint density at radius 3 is 2.62 bits per heavy atom. The highest BCUT2D eigenvalue weighted by Crippen LogP contribution is 2.22. The lowest BCUT2D eigenvalue weighted by molar-refractivity contribution is 0.638. The fraction of sp³-hybridized carbons (Fsp3) is 0.200. The summed E-state index contributed by atoms with van der Waals surface area (Å²) in [5.74, 6) is -0.380. The molecule has 70 valence electrons. The van der Waals surface area contributed by atoms with Crippen LogP contribution in [0.15, 0.2) is 24.4 Å². The van der Waals surface area contributed by atoms with E-state index in [9.17, 15) is 4.39 Å². The molecule has 13 heavy (non-hydrogen) atoms. The Labute approximate surface area is 81.5 Å². The van der Waals surface area contributed by atoms with E-state index in [2.05, 4.69) is 4.98 Å². The van der Waals surface area contributed by atoms with Crippen molar-refractivity contribution in [1.29, 1.82) is 0 Å². The highest BCUT2D eigenvalue weighted by molar-refractivity contribution is 6.31. The molecule has 0 fully saturated rings. The van der Waals surface area contributed by atoms with Crippen molar-refractivity contribution < 1.29 is 4.39 Å². The first-order valence-corrected chi connectivity index (χ1v) is 4.58. The largest absolute Gasteiger partial charge is 0.359 e. The number of aromatic nitrogens is 1. The molecule has 0 aliphatic rings. The van der Waals surface area contributed by atoms with E-state index in [0.29, 0.717) is 5.52 Å². The number of aromatic amines is 1. The molecule has 3 heteroatoms. The molecular formula is C10H11ClFN. The summed E-state index contributed by atoms with van der Waals surface area (Å²) in [5, 5.41) is 0.992. The van der Waals surface area contributed by atoms with Crippen LogP contribution < -0.4 is 0 Å². The molecule has 0 unspecified atom stereocenters. The van der Waals surface area contributed by atoms with Gasteiger partial charge in [0, 0.05) is 11.6 Å². The van der Waals surface area contributed by atoms with Crippen LogP contribution in [-0.2, 0) is 0 Å². The van der Waals surface area contributed by atoms with Crippen LogP contribution >= 0.6 is 11.6 Å². The predicted molar refractivity (Wildman–Crippen MR) is 54.6 cm³/mol. The van der Waals surface area contributed by atoms with Gasteiger partial charge in [0.15, 0.2) is 5.82 Å². The highest BCUT2D eigenvalue weighted by atomic mass is 35.5. The smallest absolute Gasteiger partial charge is 0.165 e. The molecule has 1 aromatic heterocycles. The van der Waals surface area contributed by atoms with Crippen LogP contribution in [0.3, 0.4) is 0 Å². The second kappa shape index (κ2) is 4.28. The number of hydrogen-bond donors (Lipinski definition) is 1. The second-order valence-corrected chi connectivity index (χ2v) is 2.71. The molecule has 0 atom stereocenters. The second-order valence-electron chi connectivity index (χ2n) is 2.30. The Hall–Kier alpha value is -1.02. The first-order valence-electron chi connectivity index (χ1n) is 4.20. The molecule has 0 aliphatic carbocycles. The van der Waals surface area contributed by atoms with Gasteiger partial charge in [-0.25, -0.2) is 4.39 Å². The lowest BCUT2D eigenvalue weighted by Gasteiger charge is -1.93. The van der Waals surface area contributed by atoms with Crippen LogP contribution in [0.2, 0.25) is 5.02 Å². The van der Waals surface area contributed by atoms with E-state index in [1.807, 2.05) is 13.8 Å². The summed E-state index contributed by atoms with van der Waals surface area (Å²) in [6, 6.07) is 5.12. The third-order valence-corrected chi connectivity index (χ3v) is 1.91. The molecule has 0 spiro atoms. The summed E-state index contributed by atoms with van der Waals surface area (Å²) in [6.45, 7) is 4.00. The van der Waals surface area contributed by atoms with E-state index in [-0.39, 0.29) is 10.8 Å². The van der Waals surface area contributed by atoms with Crippen LogP contribution in [-0.4, -0.2) is 4.98 Å². The van der Waals surface area contributed by atoms with Gasteiger partial charge in [-0.3, -0.25) is 0 Å². The van der Waals surface area contributed by atoms with E-state index in [1.165, 1.54) is 0 Å².